The van der Waals surface area contributed by atoms with Crippen LogP contribution in [0.3, 0.4) is 0 Å². The highest BCUT2D eigenvalue weighted by Crippen LogP contribution is 2.30. The van der Waals surface area contributed by atoms with Crippen molar-refractivity contribution in [2.75, 3.05) is 0 Å². The molecule has 14 heavy (non-hydrogen) atoms. The van der Waals surface area contributed by atoms with Gasteiger partial charge in [0.1, 0.15) is 5.78 Å². The Hall–Kier alpha value is -0.340. The molecule has 0 aromatic heterocycles. The third-order valence-electron chi connectivity index (χ3n) is 2.22. The summed E-state index contributed by atoms with van der Waals surface area (Å²) < 4.78 is 0. The standard InChI is InChI=1S/C11H12BrClO/c1-7(11(12)8(2)14)9-5-3-4-6-10(9)13/h3-7,11H,1-2H3. The first-order valence-corrected chi connectivity index (χ1v) is 5.72. The molecule has 0 heterocycles. The van der Waals surface area contributed by atoms with Crippen LogP contribution in [0.15, 0.2) is 24.3 Å². The van der Waals surface area contributed by atoms with Gasteiger partial charge in [0.2, 0.25) is 0 Å². The average molecular weight is 276 g/mol. The minimum Gasteiger partial charge on any atom is -0.299 e. The molecular formula is C11H12BrClO. The second-order valence-corrected chi connectivity index (χ2v) is 4.72. The smallest absolute Gasteiger partial charge is 0.144 e. The van der Waals surface area contributed by atoms with Crippen molar-refractivity contribution in [3.05, 3.63) is 34.9 Å². The molecule has 3 heteroatoms. The van der Waals surface area contributed by atoms with Gasteiger partial charge in [0.05, 0.1) is 4.83 Å². The number of benzene rings is 1. The molecule has 1 aromatic carbocycles. The van der Waals surface area contributed by atoms with Crippen molar-refractivity contribution in [1.29, 1.82) is 0 Å². The van der Waals surface area contributed by atoms with Crippen LogP contribution < -0.4 is 0 Å². The summed E-state index contributed by atoms with van der Waals surface area (Å²) in [7, 11) is 0. The Morgan fingerprint density at radius 3 is 2.50 bits per heavy atom. The second-order valence-electron chi connectivity index (χ2n) is 3.32. The predicted octanol–water partition coefficient (Wildman–Crippen LogP) is 3.80. The fourth-order valence-electron chi connectivity index (χ4n) is 1.35. The molecule has 0 radical (unpaired) electrons. The maximum Gasteiger partial charge on any atom is 0.144 e. The fraction of sp³-hybridized carbons (Fsp3) is 0.364. The van der Waals surface area contributed by atoms with Crippen LogP contribution in [0.5, 0.6) is 0 Å². The summed E-state index contributed by atoms with van der Waals surface area (Å²) in [6.07, 6.45) is 0. The highest BCUT2D eigenvalue weighted by Gasteiger charge is 2.21. The maximum absolute atomic E-state index is 11.2. The molecule has 1 nitrogen and oxygen atoms in total. The maximum atomic E-state index is 11.2. The van der Waals surface area contributed by atoms with E-state index in [1.54, 1.807) is 6.92 Å². The zero-order valence-electron chi connectivity index (χ0n) is 8.13. The quantitative estimate of drug-likeness (QED) is 0.767. The summed E-state index contributed by atoms with van der Waals surface area (Å²) in [6.45, 7) is 3.56. The first kappa shape index (κ1) is 11.7. The number of halogens is 2. The SMILES string of the molecule is CC(=O)C(Br)C(C)c1ccccc1Cl. The summed E-state index contributed by atoms with van der Waals surface area (Å²) in [5.41, 5.74) is 1.01. The molecule has 0 saturated heterocycles. The molecule has 2 atom stereocenters. The average Bonchev–Trinajstić information content (AvgIpc) is 2.16. The van der Waals surface area contributed by atoms with Gasteiger partial charge in [0, 0.05) is 10.9 Å². The molecule has 0 saturated carbocycles. The van der Waals surface area contributed by atoms with Crippen molar-refractivity contribution in [2.24, 2.45) is 0 Å². The fourth-order valence-corrected chi connectivity index (χ4v) is 1.95. The van der Waals surface area contributed by atoms with Crippen LogP contribution in [0.25, 0.3) is 0 Å². The van der Waals surface area contributed by atoms with E-state index < -0.39 is 0 Å². The lowest BCUT2D eigenvalue weighted by Gasteiger charge is -2.17. The number of hydrogen-bond donors (Lipinski definition) is 0. The van der Waals surface area contributed by atoms with E-state index in [0.29, 0.717) is 5.02 Å². The van der Waals surface area contributed by atoms with Crippen molar-refractivity contribution in [3.8, 4) is 0 Å². The van der Waals surface area contributed by atoms with Crippen LogP contribution in [0.4, 0.5) is 0 Å². The van der Waals surface area contributed by atoms with Crippen molar-refractivity contribution in [2.45, 2.75) is 24.6 Å². The molecule has 0 fully saturated rings. The van der Waals surface area contributed by atoms with E-state index in [0.717, 1.165) is 5.56 Å². The summed E-state index contributed by atoms with van der Waals surface area (Å²) in [5.74, 6) is 0.221. The number of Topliss-reactive ketones (excluding diaryl/α,β-unsaturated/α-hetero) is 1. The first-order chi connectivity index (χ1) is 6.54. The largest absolute Gasteiger partial charge is 0.299 e. The van der Waals surface area contributed by atoms with E-state index in [1.807, 2.05) is 31.2 Å². The number of alkyl halides is 1. The first-order valence-electron chi connectivity index (χ1n) is 4.43. The molecule has 0 N–H and O–H groups in total. The normalized spacial score (nSPS) is 14.9. The van der Waals surface area contributed by atoms with Crippen LogP contribution in [-0.4, -0.2) is 10.6 Å². The Labute approximate surface area is 97.6 Å². The molecular weight excluding hydrogens is 263 g/mol. The molecule has 0 amide bonds. The molecule has 1 rings (SSSR count). The van der Waals surface area contributed by atoms with Crippen molar-refractivity contribution in [3.63, 3.8) is 0 Å². The molecule has 76 valence electrons. The predicted molar refractivity (Wildman–Crippen MR) is 63.3 cm³/mol. The van der Waals surface area contributed by atoms with Gasteiger partial charge in [-0.05, 0) is 18.6 Å². The monoisotopic (exact) mass is 274 g/mol. The Bertz CT molecular complexity index is 338. The zero-order chi connectivity index (χ0) is 10.7. The zero-order valence-corrected chi connectivity index (χ0v) is 10.5. The van der Waals surface area contributed by atoms with Gasteiger partial charge in [-0.1, -0.05) is 52.7 Å². The van der Waals surface area contributed by atoms with Gasteiger partial charge in [-0.2, -0.15) is 0 Å². The lowest BCUT2D eigenvalue weighted by Crippen LogP contribution is -2.17. The number of carbonyl (C=O) groups excluding carboxylic acids is 1. The van der Waals surface area contributed by atoms with Gasteiger partial charge >= 0.3 is 0 Å². The number of rotatable bonds is 3. The molecule has 0 aliphatic carbocycles. The summed E-state index contributed by atoms with van der Waals surface area (Å²) in [4.78, 5) is 11.0. The van der Waals surface area contributed by atoms with Gasteiger partial charge in [0.25, 0.3) is 0 Å². The van der Waals surface area contributed by atoms with E-state index in [9.17, 15) is 4.79 Å². The molecule has 0 spiro atoms. The molecule has 0 aliphatic heterocycles. The van der Waals surface area contributed by atoms with Crippen LogP contribution in [-0.2, 0) is 4.79 Å². The minimum atomic E-state index is -0.164. The number of carbonyl (C=O) groups is 1. The molecule has 1 aromatic rings. The molecule has 0 bridgehead atoms. The van der Waals surface area contributed by atoms with Crippen LogP contribution in [0.1, 0.15) is 25.3 Å². The van der Waals surface area contributed by atoms with Gasteiger partial charge in [-0.25, -0.2) is 0 Å². The van der Waals surface area contributed by atoms with E-state index in [-0.39, 0.29) is 16.5 Å². The third-order valence-corrected chi connectivity index (χ3v) is 4.01. The van der Waals surface area contributed by atoms with Gasteiger partial charge in [0.15, 0.2) is 0 Å². The van der Waals surface area contributed by atoms with E-state index >= 15 is 0 Å². The van der Waals surface area contributed by atoms with Crippen molar-refractivity contribution < 1.29 is 4.79 Å². The number of ketones is 1. The Kier molecular flexibility index (Phi) is 4.14. The van der Waals surface area contributed by atoms with Gasteiger partial charge < -0.3 is 0 Å². The Morgan fingerprint density at radius 2 is 2.00 bits per heavy atom. The lowest BCUT2D eigenvalue weighted by molar-refractivity contribution is -0.116. The highest BCUT2D eigenvalue weighted by molar-refractivity contribution is 9.10. The van der Waals surface area contributed by atoms with E-state index in [4.69, 9.17) is 11.6 Å². The topological polar surface area (TPSA) is 17.1 Å². The summed E-state index contributed by atoms with van der Waals surface area (Å²) in [6, 6.07) is 7.60. The Balaban J connectivity index is 2.94. The minimum absolute atomic E-state index is 0.0983. The van der Waals surface area contributed by atoms with Crippen LogP contribution in [0.2, 0.25) is 5.02 Å². The van der Waals surface area contributed by atoms with Crippen molar-refractivity contribution in [1.82, 2.24) is 0 Å². The van der Waals surface area contributed by atoms with Crippen LogP contribution >= 0.6 is 27.5 Å². The van der Waals surface area contributed by atoms with E-state index in [1.165, 1.54) is 0 Å². The third kappa shape index (κ3) is 2.58. The van der Waals surface area contributed by atoms with Gasteiger partial charge in [-0.3, -0.25) is 4.79 Å². The van der Waals surface area contributed by atoms with E-state index in [2.05, 4.69) is 15.9 Å². The highest BCUT2D eigenvalue weighted by atomic mass is 79.9. The lowest BCUT2D eigenvalue weighted by atomic mass is 9.96. The Morgan fingerprint density at radius 1 is 1.43 bits per heavy atom. The molecule has 2 unspecified atom stereocenters. The summed E-state index contributed by atoms with van der Waals surface area (Å²) >= 11 is 9.41. The van der Waals surface area contributed by atoms with Gasteiger partial charge in [-0.15, -0.1) is 0 Å². The van der Waals surface area contributed by atoms with Crippen molar-refractivity contribution >= 4 is 33.3 Å². The van der Waals surface area contributed by atoms with Crippen LogP contribution in [0, 0.1) is 0 Å². The molecule has 0 aliphatic rings. The summed E-state index contributed by atoms with van der Waals surface area (Å²) in [5, 5.41) is 0.714. The second kappa shape index (κ2) is 4.94. The number of hydrogen-bond acceptors (Lipinski definition) is 1.